The van der Waals surface area contributed by atoms with E-state index in [1.807, 2.05) is 19.0 Å². The molecule has 20 heavy (non-hydrogen) atoms. The van der Waals surface area contributed by atoms with Crippen molar-refractivity contribution in [2.45, 2.75) is 19.9 Å². The van der Waals surface area contributed by atoms with E-state index in [0.717, 1.165) is 18.7 Å². The molecule has 8 heteroatoms. The summed E-state index contributed by atoms with van der Waals surface area (Å²) in [5.74, 6) is 1.67. The second-order valence-corrected chi connectivity index (χ2v) is 4.45. The first-order chi connectivity index (χ1) is 9.69. The normalized spacial score (nSPS) is 10.3. The maximum absolute atomic E-state index is 4.78. The predicted molar refractivity (Wildman–Crippen MR) is 76.8 cm³/mol. The van der Waals surface area contributed by atoms with Gasteiger partial charge in [0.2, 0.25) is 17.8 Å². The lowest BCUT2D eigenvalue weighted by Gasteiger charge is -2.13. The van der Waals surface area contributed by atoms with Gasteiger partial charge in [-0.25, -0.2) is 0 Å². The topological polar surface area (TPSA) is 92.0 Å². The Morgan fingerprint density at radius 3 is 2.50 bits per heavy atom. The molecule has 0 spiro atoms. The van der Waals surface area contributed by atoms with E-state index in [4.69, 9.17) is 4.52 Å². The van der Waals surface area contributed by atoms with Crippen LogP contribution in [0.3, 0.4) is 0 Å². The second kappa shape index (κ2) is 6.69. The lowest BCUT2D eigenvalue weighted by atomic mass is 10.4. The summed E-state index contributed by atoms with van der Waals surface area (Å²) < 4.78 is 4.78. The van der Waals surface area contributed by atoms with Gasteiger partial charge in [0, 0.05) is 26.7 Å². The minimum Gasteiger partial charge on any atom is -0.364 e. The number of anilines is 3. The van der Waals surface area contributed by atoms with E-state index < -0.39 is 0 Å². The first kappa shape index (κ1) is 14.0. The van der Waals surface area contributed by atoms with Crippen molar-refractivity contribution in [2.24, 2.45) is 0 Å². The summed E-state index contributed by atoms with van der Waals surface area (Å²) in [6, 6.07) is 1.79. The number of rotatable bonds is 7. The van der Waals surface area contributed by atoms with Crippen LogP contribution in [0.5, 0.6) is 0 Å². The molecule has 0 saturated heterocycles. The average Bonchev–Trinajstić information content (AvgIpc) is 2.96. The molecule has 0 radical (unpaired) electrons. The Kier molecular flexibility index (Phi) is 4.70. The van der Waals surface area contributed by atoms with Crippen molar-refractivity contribution < 1.29 is 4.52 Å². The van der Waals surface area contributed by atoms with Crippen LogP contribution in [0, 0.1) is 0 Å². The average molecular weight is 277 g/mol. The molecule has 0 aliphatic carbocycles. The van der Waals surface area contributed by atoms with Gasteiger partial charge in [-0.3, -0.25) is 0 Å². The molecule has 108 valence electrons. The third-order valence-electron chi connectivity index (χ3n) is 2.48. The van der Waals surface area contributed by atoms with Crippen LogP contribution in [0.25, 0.3) is 0 Å². The van der Waals surface area contributed by atoms with Crippen LogP contribution in [-0.4, -0.2) is 40.7 Å². The highest BCUT2D eigenvalue weighted by Crippen LogP contribution is 2.12. The van der Waals surface area contributed by atoms with Crippen LogP contribution in [0.4, 0.5) is 17.8 Å². The molecule has 0 atom stereocenters. The van der Waals surface area contributed by atoms with E-state index in [-0.39, 0.29) is 0 Å². The van der Waals surface area contributed by atoms with Crippen LogP contribution in [-0.2, 0) is 6.54 Å². The maximum atomic E-state index is 4.78. The van der Waals surface area contributed by atoms with Crippen LogP contribution < -0.4 is 15.5 Å². The van der Waals surface area contributed by atoms with Gasteiger partial charge in [0.25, 0.3) is 0 Å². The van der Waals surface area contributed by atoms with Gasteiger partial charge in [-0.05, 0) is 6.42 Å². The Morgan fingerprint density at radius 2 is 1.90 bits per heavy atom. The fraction of sp³-hybridized carbons (Fsp3) is 0.500. The van der Waals surface area contributed by atoms with Crippen molar-refractivity contribution in [1.29, 1.82) is 0 Å². The van der Waals surface area contributed by atoms with Crippen LogP contribution >= 0.6 is 0 Å². The molecule has 0 saturated carbocycles. The molecule has 0 aliphatic rings. The molecule has 0 bridgehead atoms. The number of hydrogen-bond donors (Lipinski definition) is 2. The fourth-order valence-corrected chi connectivity index (χ4v) is 1.46. The molecule has 2 aromatic heterocycles. The summed E-state index contributed by atoms with van der Waals surface area (Å²) in [5.41, 5.74) is 0.792. The third kappa shape index (κ3) is 3.81. The van der Waals surface area contributed by atoms with Crippen molar-refractivity contribution in [3.05, 3.63) is 18.0 Å². The molecule has 0 aliphatic heterocycles. The molecule has 0 unspecified atom stereocenters. The summed E-state index contributed by atoms with van der Waals surface area (Å²) in [5, 5.41) is 10.1. The zero-order valence-corrected chi connectivity index (χ0v) is 11.9. The van der Waals surface area contributed by atoms with Crippen LogP contribution in [0.1, 0.15) is 19.0 Å². The van der Waals surface area contributed by atoms with Crippen molar-refractivity contribution >= 4 is 17.8 Å². The van der Waals surface area contributed by atoms with Crippen LogP contribution in [0.15, 0.2) is 16.9 Å². The van der Waals surface area contributed by atoms with E-state index in [1.165, 1.54) is 6.26 Å². The standard InChI is InChI=1S/C12H19N7O/c1-4-6-13-10-15-11(17-12(16-10)19(2)3)14-8-9-5-7-20-18-9/h5,7H,4,6,8H2,1-3H3,(H2,13,14,15,16,17). The molecule has 2 heterocycles. The van der Waals surface area contributed by atoms with E-state index in [9.17, 15) is 0 Å². The summed E-state index contributed by atoms with van der Waals surface area (Å²) in [6.07, 6.45) is 2.54. The largest absolute Gasteiger partial charge is 0.364 e. The predicted octanol–water partition coefficient (Wildman–Crippen LogP) is 1.36. The van der Waals surface area contributed by atoms with Gasteiger partial charge in [0.1, 0.15) is 12.0 Å². The van der Waals surface area contributed by atoms with E-state index >= 15 is 0 Å². The Balaban J connectivity index is 2.11. The lowest BCUT2D eigenvalue weighted by Crippen LogP contribution is -2.17. The lowest BCUT2D eigenvalue weighted by molar-refractivity contribution is 0.412. The van der Waals surface area contributed by atoms with Gasteiger partial charge < -0.3 is 20.1 Å². The smallest absolute Gasteiger partial charge is 0.231 e. The summed E-state index contributed by atoms with van der Waals surface area (Å²) in [6.45, 7) is 3.41. The van der Waals surface area contributed by atoms with Crippen LogP contribution in [0.2, 0.25) is 0 Å². The summed E-state index contributed by atoms with van der Waals surface area (Å²) in [4.78, 5) is 14.8. The van der Waals surface area contributed by atoms with E-state index in [2.05, 4.69) is 37.7 Å². The zero-order valence-electron chi connectivity index (χ0n) is 11.9. The molecule has 0 fully saturated rings. The molecular weight excluding hydrogens is 258 g/mol. The van der Waals surface area contributed by atoms with E-state index in [0.29, 0.717) is 24.4 Å². The van der Waals surface area contributed by atoms with Crippen molar-refractivity contribution in [2.75, 3.05) is 36.2 Å². The SMILES string of the molecule is CCCNc1nc(NCc2ccon2)nc(N(C)C)n1. The summed E-state index contributed by atoms with van der Waals surface area (Å²) in [7, 11) is 3.78. The van der Waals surface area contributed by atoms with Gasteiger partial charge in [-0.2, -0.15) is 15.0 Å². The Bertz CT molecular complexity index is 527. The molecule has 2 aromatic rings. The Hall–Kier alpha value is -2.38. The Labute approximate surface area is 117 Å². The number of nitrogens with zero attached hydrogens (tertiary/aromatic N) is 5. The van der Waals surface area contributed by atoms with Crippen molar-refractivity contribution in [1.82, 2.24) is 20.1 Å². The maximum Gasteiger partial charge on any atom is 0.231 e. The highest BCUT2D eigenvalue weighted by atomic mass is 16.5. The van der Waals surface area contributed by atoms with E-state index in [1.54, 1.807) is 6.07 Å². The molecule has 8 nitrogen and oxygen atoms in total. The zero-order chi connectivity index (χ0) is 14.4. The van der Waals surface area contributed by atoms with Crippen molar-refractivity contribution in [3.63, 3.8) is 0 Å². The first-order valence-corrected chi connectivity index (χ1v) is 6.49. The summed E-state index contributed by atoms with van der Waals surface area (Å²) >= 11 is 0. The fourth-order valence-electron chi connectivity index (χ4n) is 1.46. The number of hydrogen-bond acceptors (Lipinski definition) is 8. The third-order valence-corrected chi connectivity index (χ3v) is 2.48. The molecule has 0 amide bonds. The minimum absolute atomic E-state index is 0.501. The quantitative estimate of drug-likeness (QED) is 0.783. The van der Waals surface area contributed by atoms with Gasteiger partial charge >= 0.3 is 0 Å². The van der Waals surface area contributed by atoms with Crippen molar-refractivity contribution in [3.8, 4) is 0 Å². The van der Waals surface area contributed by atoms with Gasteiger partial charge in [-0.1, -0.05) is 12.1 Å². The molecule has 0 aromatic carbocycles. The molecular formula is C12H19N7O. The highest BCUT2D eigenvalue weighted by molar-refractivity contribution is 5.43. The number of aromatic nitrogens is 4. The second-order valence-electron chi connectivity index (χ2n) is 4.45. The van der Waals surface area contributed by atoms with Gasteiger partial charge in [0.15, 0.2) is 0 Å². The Morgan fingerprint density at radius 1 is 1.15 bits per heavy atom. The highest BCUT2D eigenvalue weighted by Gasteiger charge is 2.08. The monoisotopic (exact) mass is 277 g/mol. The molecule has 2 N–H and O–H groups in total. The molecule has 2 rings (SSSR count). The van der Waals surface area contributed by atoms with Gasteiger partial charge in [0.05, 0.1) is 6.54 Å². The minimum atomic E-state index is 0.501. The number of nitrogens with one attached hydrogen (secondary N) is 2. The van der Waals surface area contributed by atoms with Gasteiger partial charge in [-0.15, -0.1) is 0 Å². The first-order valence-electron chi connectivity index (χ1n) is 6.49.